The average molecular weight is 455 g/mol. The fourth-order valence-electron chi connectivity index (χ4n) is 2.92. The predicted octanol–water partition coefficient (Wildman–Crippen LogP) is 4.65. The van der Waals surface area contributed by atoms with Gasteiger partial charge in [-0.05, 0) is 43.6 Å². The molecule has 0 bridgehead atoms. The molecule has 0 saturated carbocycles. The van der Waals surface area contributed by atoms with E-state index >= 15 is 0 Å². The zero-order chi connectivity index (χ0) is 18.5. The molecule has 8 heteroatoms. The lowest BCUT2D eigenvalue weighted by Gasteiger charge is -2.31. The number of carbonyl (C=O) groups excluding carboxylic acids is 1. The van der Waals surface area contributed by atoms with Crippen molar-refractivity contribution in [1.29, 1.82) is 0 Å². The fraction of sp³-hybridized carbons (Fsp3) is 0.500. The summed E-state index contributed by atoms with van der Waals surface area (Å²) in [5.41, 5.74) is 1.31. The van der Waals surface area contributed by atoms with Gasteiger partial charge < -0.3 is 5.32 Å². The summed E-state index contributed by atoms with van der Waals surface area (Å²) in [7, 11) is 0. The van der Waals surface area contributed by atoms with Crippen LogP contribution in [0.1, 0.15) is 32.3 Å². The smallest absolute Gasteiger partial charge is 0.229 e. The van der Waals surface area contributed by atoms with Crippen LogP contribution in [0.25, 0.3) is 0 Å². The van der Waals surface area contributed by atoms with E-state index in [1.54, 1.807) is 11.8 Å². The molecule has 1 fully saturated rings. The maximum Gasteiger partial charge on any atom is 0.229 e. The number of amides is 1. The minimum atomic E-state index is 0.0567. The van der Waals surface area contributed by atoms with Crippen molar-refractivity contribution in [2.75, 3.05) is 18.4 Å². The number of carbonyl (C=O) groups is 1. The Labute approximate surface area is 171 Å². The Morgan fingerprint density at radius 2 is 2.00 bits per heavy atom. The molecule has 2 heterocycles. The first-order valence-electron chi connectivity index (χ1n) is 8.77. The zero-order valence-electron chi connectivity index (χ0n) is 14.9. The Kier molecular flexibility index (Phi) is 7.08. The van der Waals surface area contributed by atoms with Crippen LogP contribution in [0.15, 0.2) is 33.1 Å². The SMILES string of the molecule is CC(C)Sc1nnc(NC(=O)C2CCN(Cc3ccc(Br)cc3)CC2)s1. The lowest BCUT2D eigenvalue weighted by atomic mass is 9.95. The molecule has 3 rings (SSSR count). The lowest BCUT2D eigenvalue weighted by Crippen LogP contribution is -2.37. The van der Waals surface area contributed by atoms with Gasteiger partial charge in [0.1, 0.15) is 0 Å². The van der Waals surface area contributed by atoms with Crippen molar-refractivity contribution in [2.45, 2.75) is 42.8 Å². The molecule has 0 aliphatic carbocycles. The number of thioether (sulfide) groups is 1. The van der Waals surface area contributed by atoms with Gasteiger partial charge in [0.25, 0.3) is 0 Å². The van der Waals surface area contributed by atoms with E-state index < -0.39 is 0 Å². The van der Waals surface area contributed by atoms with Crippen molar-refractivity contribution in [3.63, 3.8) is 0 Å². The molecule has 1 N–H and O–H groups in total. The van der Waals surface area contributed by atoms with E-state index in [4.69, 9.17) is 0 Å². The Hall–Kier alpha value is -0.960. The van der Waals surface area contributed by atoms with Gasteiger partial charge in [0.15, 0.2) is 4.34 Å². The van der Waals surface area contributed by atoms with Crippen LogP contribution in [0.5, 0.6) is 0 Å². The van der Waals surface area contributed by atoms with Gasteiger partial charge in [-0.2, -0.15) is 0 Å². The van der Waals surface area contributed by atoms with Crippen LogP contribution in [0.3, 0.4) is 0 Å². The second-order valence-electron chi connectivity index (χ2n) is 6.71. The van der Waals surface area contributed by atoms with Crippen molar-refractivity contribution in [1.82, 2.24) is 15.1 Å². The third kappa shape index (κ3) is 5.77. The number of anilines is 1. The predicted molar refractivity (Wildman–Crippen MR) is 112 cm³/mol. The van der Waals surface area contributed by atoms with E-state index in [1.165, 1.54) is 16.9 Å². The van der Waals surface area contributed by atoms with Gasteiger partial charge >= 0.3 is 0 Å². The molecule has 1 aromatic carbocycles. The summed E-state index contributed by atoms with van der Waals surface area (Å²) in [6.07, 6.45) is 1.77. The molecule has 1 saturated heterocycles. The van der Waals surface area contributed by atoms with E-state index in [0.29, 0.717) is 10.4 Å². The van der Waals surface area contributed by atoms with E-state index in [1.807, 2.05) is 0 Å². The molecule has 1 aliphatic heterocycles. The standard InChI is InChI=1S/C18H23BrN4OS2/c1-12(2)25-18-22-21-17(26-18)20-16(24)14-7-9-23(10-8-14)11-13-3-5-15(19)6-4-13/h3-6,12,14H,7-11H2,1-2H3,(H,20,21,24). The van der Waals surface area contributed by atoms with Crippen molar-refractivity contribution in [3.8, 4) is 0 Å². The summed E-state index contributed by atoms with van der Waals surface area (Å²) in [6, 6.07) is 8.43. The maximum atomic E-state index is 12.5. The summed E-state index contributed by atoms with van der Waals surface area (Å²) in [5.74, 6) is 0.131. The Bertz CT molecular complexity index is 727. The summed E-state index contributed by atoms with van der Waals surface area (Å²) in [4.78, 5) is 14.9. The highest BCUT2D eigenvalue weighted by molar-refractivity contribution is 9.10. The van der Waals surface area contributed by atoms with Gasteiger partial charge in [0.05, 0.1) is 0 Å². The largest absolute Gasteiger partial charge is 0.300 e. The van der Waals surface area contributed by atoms with Crippen LogP contribution in [0.4, 0.5) is 5.13 Å². The number of rotatable bonds is 6. The summed E-state index contributed by atoms with van der Waals surface area (Å²) in [5, 5.41) is 12.2. The van der Waals surface area contributed by atoms with Gasteiger partial charge in [-0.3, -0.25) is 9.69 Å². The molecule has 5 nitrogen and oxygen atoms in total. The number of likely N-dealkylation sites (tertiary alicyclic amines) is 1. The number of aromatic nitrogens is 2. The van der Waals surface area contributed by atoms with Crippen LogP contribution in [-0.2, 0) is 11.3 Å². The molecule has 26 heavy (non-hydrogen) atoms. The van der Waals surface area contributed by atoms with Crippen molar-refractivity contribution >= 4 is 50.1 Å². The Morgan fingerprint density at radius 1 is 1.31 bits per heavy atom. The van der Waals surface area contributed by atoms with E-state index in [9.17, 15) is 4.79 Å². The van der Waals surface area contributed by atoms with Crippen LogP contribution >= 0.6 is 39.0 Å². The van der Waals surface area contributed by atoms with E-state index in [-0.39, 0.29) is 11.8 Å². The van der Waals surface area contributed by atoms with Crippen LogP contribution in [0, 0.1) is 5.92 Å². The first-order chi connectivity index (χ1) is 12.5. The van der Waals surface area contributed by atoms with Crippen LogP contribution in [0.2, 0.25) is 0 Å². The van der Waals surface area contributed by atoms with Crippen molar-refractivity contribution in [2.24, 2.45) is 5.92 Å². The van der Waals surface area contributed by atoms with Crippen LogP contribution in [-0.4, -0.2) is 39.3 Å². The number of nitrogens with zero attached hydrogens (tertiary/aromatic N) is 3. The topological polar surface area (TPSA) is 58.1 Å². The van der Waals surface area contributed by atoms with Crippen molar-refractivity contribution in [3.05, 3.63) is 34.3 Å². The zero-order valence-corrected chi connectivity index (χ0v) is 18.2. The quantitative estimate of drug-likeness (QED) is 0.508. The van der Waals surface area contributed by atoms with Gasteiger partial charge in [-0.15, -0.1) is 10.2 Å². The van der Waals surface area contributed by atoms with Gasteiger partial charge in [-0.25, -0.2) is 0 Å². The number of piperidine rings is 1. The average Bonchev–Trinajstić information content (AvgIpc) is 3.03. The highest BCUT2D eigenvalue weighted by Gasteiger charge is 2.25. The van der Waals surface area contributed by atoms with Crippen molar-refractivity contribution < 1.29 is 4.79 Å². The highest BCUT2D eigenvalue weighted by Crippen LogP contribution is 2.29. The third-order valence-corrected chi connectivity index (χ3v) is 6.71. The molecule has 0 unspecified atom stereocenters. The molecule has 0 spiro atoms. The van der Waals surface area contributed by atoms with Crippen LogP contribution < -0.4 is 5.32 Å². The summed E-state index contributed by atoms with van der Waals surface area (Å²) >= 11 is 6.59. The summed E-state index contributed by atoms with van der Waals surface area (Å²) in [6.45, 7) is 7.06. The molecule has 1 aromatic heterocycles. The third-order valence-electron chi connectivity index (χ3n) is 4.25. The summed E-state index contributed by atoms with van der Waals surface area (Å²) < 4.78 is 2.00. The second-order valence-corrected chi connectivity index (χ2v) is 10.4. The molecular formula is C18H23BrN4OS2. The minimum absolute atomic E-state index is 0.0567. The Morgan fingerprint density at radius 3 is 2.65 bits per heavy atom. The normalized spacial score (nSPS) is 16.2. The lowest BCUT2D eigenvalue weighted by molar-refractivity contribution is -0.121. The minimum Gasteiger partial charge on any atom is -0.300 e. The first kappa shape index (κ1) is 19.8. The maximum absolute atomic E-state index is 12.5. The van der Waals surface area contributed by atoms with Gasteiger partial charge in [-0.1, -0.05) is 65.0 Å². The Balaban J connectivity index is 1.46. The number of nitrogens with one attached hydrogen (secondary N) is 1. The van der Waals surface area contributed by atoms with Gasteiger partial charge in [0, 0.05) is 22.2 Å². The number of benzene rings is 1. The number of hydrogen-bond acceptors (Lipinski definition) is 6. The molecular weight excluding hydrogens is 432 g/mol. The second kappa shape index (κ2) is 9.30. The highest BCUT2D eigenvalue weighted by atomic mass is 79.9. The monoisotopic (exact) mass is 454 g/mol. The number of hydrogen-bond donors (Lipinski definition) is 1. The molecule has 0 radical (unpaired) electrons. The van der Waals surface area contributed by atoms with Gasteiger partial charge in [0.2, 0.25) is 11.0 Å². The molecule has 2 aromatic rings. The fourth-order valence-corrected chi connectivity index (χ4v) is 5.16. The van der Waals surface area contributed by atoms with E-state index in [2.05, 4.69) is 74.5 Å². The molecule has 140 valence electrons. The first-order valence-corrected chi connectivity index (χ1v) is 11.3. The molecule has 1 amide bonds. The number of halogens is 1. The molecule has 1 aliphatic rings. The molecule has 0 atom stereocenters. The van der Waals surface area contributed by atoms with E-state index in [0.717, 1.165) is 41.3 Å².